The highest BCUT2D eigenvalue weighted by atomic mass is 16.5. The van der Waals surface area contributed by atoms with Crippen LogP contribution in [0, 0.1) is 0 Å². The van der Waals surface area contributed by atoms with Crippen LogP contribution in [-0.2, 0) is 0 Å². The Kier molecular flexibility index (Phi) is 1.48. The zero-order valence-corrected chi connectivity index (χ0v) is 7.98. The SMILES string of the molecule is COc1c2ccoc2c(O)c2ccoc12. The van der Waals surface area contributed by atoms with Crippen molar-refractivity contribution in [3.05, 3.63) is 24.7 Å². The Morgan fingerprint density at radius 2 is 1.73 bits per heavy atom. The molecule has 2 heterocycles. The summed E-state index contributed by atoms with van der Waals surface area (Å²) in [4.78, 5) is 0. The topological polar surface area (TPSA) is 55.7 Å². The van der Waals surface area contributed by atoms with E-state index >= 15 is 0 Å². The molecule has 0 radical (unpaired) electrons. The lowest BCUT2D eigenvalue weighted by atomic mass is 10.1. The predicted octanol–water partition coefficient (Wildman–Crippen LogP) is 2.89. The fourth-order valence-corrected chi connectivity index (χ4v) is 1.79. The third-order valence-corrected chi connectivity index (χ3v) is 2.46. The van der Waals surface area contributed by atoms with Gasteiger partial charge in [-0.3, -0.25) is 0 Å². The molecule has 15 heavy (non-hydrogen) atoms. The molecule has 3 rings (SSSR count). The van der Waals surface area contributed by atoms with Crippen molar-refractivity contribution >= 4 is 21.9 Å². The van der Waals surface area contributed by atoms with Gasteiger partial charge in [0.1, 0.15) is 0 Å². The van der Waals surface area contributed by atoms with Gasteiger partial charge < -0.3 is 18.7 Å². The first-order chi connectivity index (χ1) is 7.33. The summed E-state index contributed by atoms with van der Waals surface area (Å²) < 4.78 is 15.7. The van der Waals surface area contributed by atoms with E-state index in [9.17, 15) is 5.11 Å². The lowest BCUT2D eigenvalue weighted by molar-refractivity contribution is 0.413. The third-order valence-electron chi connectivity index (χ3n) is 2.46. The van der Waals surface area contributed by atoms with Crippen molar-refractivity contribution in [1.82, 2.24) is 0 Å². The van der Waals surface area contributed by atoms with Crippen LogP contribution in [0.3, 0.4) is 0 Å². The van der Waals surface area contributed by atoms with Crippen molar-refractivity contribution in [3.63, 3.8) is 0 Å². The predicted molar refractivity (Wildman–Crippen MR) is 54.2 cm³/mol. The molecule has 3 aromatic rings. The summed E-state index contributed by atoms with van der Waals surface area (Å²) in [6.45, 7) is 0. The van der Waals surface area contributed by atoms with E-state index < -0.39 is 0 Å². The Hall–Kier alpha value is -2.10. The number of ether oxygens (including phenoxy) is 1. The van der Waals surface area contributed by atoms with Crippen molar-refractivity contribution in [1.29, 1.82) is 0 Å². The molecule has 0 aliphatic carbocycles. The fourth-order valence-electron chi connectivity index (χ4n) is 1.79. The molecule has 1 N–H and O–H groups in total. The summed E-state index contributed by atoms with van der Waals surface area (Å²) in [5.41, 5.74) is 0.949. The van der Waals surface area contributed by atoms with E-state index in [1.54, 1.807) is 19.2 Å². The monoisotopic (exact) mass is 204 g/mol. The normalized spacial score (nSPS) is 11.3. The number of rotatable bonds is 1. The van der Waals surface area contributed by atoms with Crippen molar-refractivity contribution < 1.29 is 18.7 Å². The van der Waals surface area contributed by atoms with E-state index in [0.29, 0.717) is 27.7 Å². The maximum atomic E-state index is 9.90. The Labute approximate surface area is 84.7 Å². The lowest BCUT2D eigenvalue weighted by Gasteiger charge is -2.03. The molecule has 0 saturated heterocycles. The maximum Gasteiger partial charge on any atom is 0.180 e. The average Bonchev–Trinajstić information content (AvgIpc) is 2.85. The number of phenolic OH excluding ortho intramolecular Hbond substituents is 1. The number of furan rings is 2. The fraction of sp³-hybridized carbons (Fsp3) is 0.0909. The van der Waals surface area contributed by atoms with Gasteiger partial charge in [0.15, 0.2) is 22.7 Å². The molecule has 2 aromatic heterocycles. The number of fused-ring (bicyclic) bond motifs is 2. The van der Waals surface area contributed by atoms with Gasteiger partial charge in [0.2, 0.25) is 0 Å². The zero-order chi connectivity index (χ0) is 10.4. The van der Waals surface area contributed by atoms with Gasteiger partial charge in [-0.15, -0.1) is 0 Å². The molecule has 0 fully saturated rings. The molecule has 0 atom stereocenters. The van der Waals surface area contributed by atoms with Gasteiger partial charge in [-0.05, 0) is 12.1 Å². The second-order valence-electron chi connectivity index (χ2n) is 3.21. The minimum absolute atomic E-state index is 0.0829. The van der Waals surface area contributed by atoms with Crippen molar-refractivity contribution in [3.8, 4) is 11.5 Å². The molecule has 1 aromatic carbocycles. The minimum Gasteiger partial charge on any atom is -0.504 e. The number of benzene rings is 1. The van der Waals surface area contributed by atoms with E-state index in [1.165, 1.54) is 12.5 Å². The first kappa shape index (κ1) is 8.23. The molecule has 0 unspecified atom stereocenters. The van der Waals surface area contributed by atoms with Gasteiger partial charge in [0.25, 0.3) is 0 Å². The maximum absolute atomic E-state index is 9.90. The van der Waals surface area contributed by atoms with Crippen LogP contribution < -0.4 is 4.74 Å². The molecule has 0 bridgehead atoms. The summed E-state index contributed by atoms with van der Waals surface area (Å²) in [7, 11) is 1.56. The summed E-state index contributed by atoms with van der Waals surface area (Å²) in [6.07, 6.45) is 3.01. The van der Waals surface area contributed by atoms with E-state index in [0.717, 1.165) is 0 Å². The number of hydrogen-bond acceptors (Lipinski definition) is 4. The van der Waals surface area contributed by atoms with Crippen molar-refractivity contribution in [2.45, 2.75) is 0 Å². The van der Waals surface area contributed by atoms with E-state index in [-0.39, 0.29) is 5.75 Å². The average molecular weight is 204 g/mol. The minimum atomic E-state index is 0.0829. The van der Waals surface area contributed by atoms with E-state index in [4.69, 9.17) is 13.6 Å². The van der Waals surface area contributed by atoms with Crippen LogP contribution in [0.4, 0.5) is 0 Å². The third kappa shape index (κ3) is 0.905. The molecular formula is C11H8O4. The molecule has 0 amide bonds. The van der Waals surface area contributed by atoms with Crippen LogP contribution in [0.2, 0.25) is 0 Å². The van der Waals surface area contributed by atoms with Crippen LogP contribution in [-0.4, -0.2) is 12.2 Å². The quantitative estimate of drug-likeness (QED) is 0.662. The molecular weight excluding hydrogens is 196 g/mol. The van der Waals surface area contributed by atoms with Crippen LogP contribution in [0.1, 0.15) is 0 Å². The smallest absolute Gasteiger partial charge is 0.180 e. The Morgan fingerprint density at radius 3 is 2.47 bits per heavy atom. The van der Waals surface area contributed by atoms with Gasteiger partial charge in [0, 0.05) is 0 Å². The number of methoxy groups -OCH3 is 1. The molecule has 4 nitrogen and oxygen atoms in total. The Bertz CT molecular complexity index is 581. The summed E-state index contributed by atoms with van der Waals surface area (Å²) in [5.74, 6) is 0.663. The second-order valence-corrected chi connectivity index (χ2v) is 3.21. The Morgan fingerprint density at radius 1 is 1.07 bits per heavy atom. The highest BCUT2D eigenvalue weighted by Crippen LogP contribution is 2.42. The van der Waals surface area contributed by atoms with Gasteiger partial charge in [-0.1, -0.05) is 0 Å². The number of aromatic hydroxyl groups is 1. The first-order valence-corrected chi connectivity index (χ1v) is 4.46. The number of hydrogen-bond donors (Lipinski definition) is 1. The van der Waals surface area contributed by atoms with Crippen LogP contribution >= 0.6 is 0 Å². The molecule has 0 saturated carbocycles. The highest BCUT2D eigenvalue weighted by molar-refractivity contribution is 6.06. The van der Waals surface area contributed by atoms with Crippen LogP contribution in [0.15, 0.2) is 33.5 Å². The lowest BCUT2D eigenvalue weighted by Crippen LogP contribution is -1.84. The summed E-state index contributed by atoms with van der Waals surface area (Å²) in [5, 5.41) is 11.2. The first-order valence-electron chi connectivity index (χ1n) is 4.46. The van der Waals surface area contributed by atoms with Crippen LogP contribution in [0.5, 0.6) is 11.5 Å². The largest absolute Gasteiger partial charge is 0.504 e. The van der Waals surface area contributed by atoms with E-state index in [1.807, 2.05) is 0 Å². The van der Waals surface area contributed by atoms with Gasteiger partial charge >= 0.3 is 0 Å². The molecule has 76 valence electrons. The second kappa shape index (κ2) is 2.70. The van der Waals surface area contributed by atoms with Crippen molar-refractivity contribution in [2.75, 3.05) is 7.11 Å². The van der Waals surface area contributed by atoms with E-state index in [2.05, 4.69) is 0 Å². The molecule has 0 spiro atoms. The van der Waals surface area contributed by atoms with Crippen molar-refractivity contribution in [2.24, 2.45) is 0 Å². The standard InChI is InChI=1S/C11H8O4/c1-13-10-7-3-5-14-9(7)8(12)6-2-4-15-11(6)10/h2-5,12H,1H3. The Balaban J connectivity index is 2.64. The summed E-state index contributed by atoms with van der Waals surface area (Å²) in [6, 6.07) is 3.41. The van der Waals surface area contributed by atoms with Gasteiger partial charge in [-0.25, -0.2) is 0 Å². The molecule has 0 aliphatic rings. The van der Waals surface area contributed by atoms with Crippen LogP contribution in [0.25, 0.3) is 21.9 Å². The molecule has 0 aliphatic heterocycles. The van der Waals surface area contributed by atoms with Gasteiger partial charge in [-0.2, -0.15) is 0 Å². The molecule has 4 heteroatoms. The highest BCUT2D eigenvalue weighted by Gasteiger charge is 2.18. The van der Waals surface area contributed by atoms with Gasteiger partial charge in [0.05, 0.1) is 30.4 Å². The summed E-state index contributed by atoms with van der Waals surface area (Å²) >= 11 is 0. The zero-order valence-electron chi connectivity index (χ0n) is 7.98. The number of phenols is 1.